The lowest BCUT2D eigenvalue weighted by Gasteiger charge is -2.18. The molecule has 0 aliphatic heterocycles. The van der Waals surface area contributed by atoms with Crippen LogP contribution in [-0.4, -0.2) is 37.2 Å². The van der Waals surface area contributed by atoms with Crippen LogP contribution in [0.25, 0.3) is 0 Å². The van der Waals surface area contributed by atoms with E-state index < -0.39 is 6.10 Å². The molecular formula is C61H110O6. The Morgan fingerprint density at radius 2 is 0.537 bits per heavy atom. The zero-order valence-corrected chi connectivity index (χ0v) is 44.7. The molecule has 0 N–H and O–H groups in total. The SMILES string of the molecule is CCCCCCCC/C=C\CCCCCC(=O)OCC(COC(=O)CCCCCCC/C=C\C=C/CCCCCCCCC)OC(=O)CCCCCCC/C=C\CCCCCCCCCCC. The van der Waals surface area contributed by atoms with Crippen LogP contribution in [0, 0.1) is 0 Å². The lowest BCUT2D eigenvalue weighted by molar-refractivity contribution is -0.167. The fraction of sp³-hybridized carbons (Fsp3) is 0.820. The molecule has 0 fully saturated rings. The van der Waals surface area contributed by atoms with E-state index in [0.29, 0.717) is 19.3 Å². The Morgan fingerprint density at radius 3 is 0.851 bits per heavy atom. The van der Waals surface area contributed by atoms with E-state index in [9.17, 15) is 14.4 Å². The van der Waals surface area contributed by atoms with Gasteiger partial charge in [0.15, 0.2) is 6.10 Å². The standard InChI is InChI=1S/C61H110O6/c1-4-7-10-13-16-19-22-25-27-29-31-33-36-39-42-45-48-51-54-60(63)66-57-58(56-65-59(62)53-50-47-44-41-38-35-24-21-18-15-12-9-6-3)67-61(64)55-52-49-46-43-40-37-34-32-30-28-26-23-20-17-14-11-8-5-2/h27,29,31-35,38,58H,4-26,28,30,36-37,39-57H2,1-3H3/b29-27-,33-31-,34-32-,38-35-. The summed E-state index contributed by atoms with van der Waals surface area (Å²) in [7, 11) is 0. The number of allylic oxidation sites excluding steroid dienone is 8. The maximum atomic E-state index is 12.9. The third-order valence-corrected chi connectivity index (χ3v) is 12.8. The topological polar surface area (TPSA) is 78.9 Å². The number of carbonyl (C=O) groups is 3. The summed E-state index contributed by atoms with van der Waals surface area (Å²) in [5, 5.41) is 0. The second kappa shape index (κ2) is 56.0. The summed E-state index contributed by atoms with van der Waals surface area (Å²) in [5.74, 6) is -0.913. The van der Waals surface area contributed by atoms with Gasteiger partial charge in [0.2, 0.25) is 0 Å². The maximum Gasteiger partial charge on any atom is 0.306 e. The van der Waals surface area contributed by atoms with E-state index >= 15 is 0 Å². The molecule has 0 bridgehead atoms. The molecule has 0 amide bonds. The van der Waals surface area contributed by atoms with Crippen LogP contribution in [0.4, 0.5) is 0 Å². The van der Waals surface area contributed by atoms with Gasteiger partial charge in [-0.15, -0.1) is 0 Å². The van der Waals surface area contributed by atoms with E-state index in [2.05, 4.69) is 69.4 Å². The normalized spacial score (nSPS) is 12.3. The van der Waals surface area contributed by atoms with E-state index in [1.165, 1.54) is 161 Å². The number of ether oxygens (including phenoxy) is 3. The third-order valence-electron chi connectivity index (χ3n) is 12.8. The Labute approximate surface area is 416 Å². The molecule has 0 aromatic heterocycles. The summed E-state index contributed by atoms with van der Waals surface area (Å²) in [6.45, 7) is 6.62. The van der Waals surface area contributed by atoms with Crippen LogP contribution in [0.1, 0.15) is 303 Å². The number of hydrogen-bond acceptors (Lipinski definition) is 6. The lowest BCUT2D eigenvalue weighted by atomic mass is 10.1. The molecule has 0 spiro atoms. The van der Waals surface area contributed by atoms with Crippen LogP contribution in [0.2, 0.25) is 0 Å². The molecule has 0 aromatic rings. The van der Waals surface area contributed by atoms with Crippen LogP contribution in [0.3, 0.4) is 0 Å². The number of hydrogen-bond donors (Lipinski definition) is 0. The first-order chi connectivity index (χ1) is 33.0. The highest BCUT2D eigenvalue weighted by molar-refractivity contribution is 5.71. The van der Waals surface area contributed by atoms with E-state index in [-0.39, 0.29) is 31.1 Å². The minimum absolute atomic E-state index is 0.0879. The Bertz CT molecular complexity index is 1170. The summed E-state index contributed by atoms with van der Waals surface area (Å²) in [6, 6.07) is 0. The highest BCUT2D eigenvalue weighted by Gasteiger charge is 2.19. The predicted octanol–water partition coefficient (Wildman–Crippen LogP) is 19.4. The van der Waals surface area contributed by atoms with Crippen LogP contribution in [0.15, 0.2) is 48.6 Å². The first-order valence-corrected chi connectivity index (χ1v) is 29.2. The molecule has 0 heterocycles. The van der Waals surface area contributed by atoms with Crippen molar-refractivity contribution in [3.05, 3.63) is 48.6 Å². The van der Waals surface area contributed by atoms with Gasteiger partial charge in [-0.05, 0) is 96.3 Å². The molecule has 0 saturated carbocycles. The van der Waals surface area contributed by atoms with Gasteiger partial charge in [-0.3, -0.25) is 14.4 Å². The quantitative estimate of drug-likeness (QED) is 0.0199. The molecule has 6 heteroatoms. The Morgan fingerprint density at radius 1 is 0.299 bits per heavy atom. The minimum atomic E-state index is -0.789. The first kappa shape index (κ1) is 64.4. The largest absolute Gasteiger partial charge is 0.462 e. The molecule has 1 unspecified atom stereocenters. The third kappa shape index (κ3) is 54.2. The number of rotatable bonds is 53. The molecule has 6 nitrogen and oxygen atoms in total. The van der Waals surface area contributed by atoms with Gasteiger partial charge in [-0.2, -0.15) is 0 Å². The minimum Gasteiger partial charge on any atom is -0.462 e. The van der Waals surface area contributed by atoms with Crippen LogP contribution in [-0.2, 0) is 28.6 Å². The fourth-order valence-electron chi connectivity index (χ4n) is 8.36. The molecule has 0 rings (SSSR count). The highest BCUT2D eigenvalue weighted by Crippen LogP contribution is 2.15. The van der Waals surface area contributed by atoms with Crippen LogP contribution < -0.4 is 0 Å². The molecule has 0 aliphatic rings. The summed E-state index contributed by atoms with van der Waals surface area (Å²) in [5.41, 5.74) is 0. The second-order valence-corrected chi connectivity index (χ2v) is 19.6. The molecule has 1 atom stereocenters. The van der Waals surface area contributed by atoms with Gasteiger partial charge < -0.3 is 14.2 Å². The van der Waals surface area contributed by atoms with Crippen molar-refractivity contribution in [2.45, 2.75) is 309 Å². The summed E-state index contributed by atoms with van der Waals surface area (Å²) >= 11 is 0. The van der Waals surface area contributed by atoms with Gasteiger partial charge in [-0.1, -0.05) is 236 Å². The predicted molar refractivity (Wildman–Crippen MR) is 289 cm³/mol. The van der Waals surface area contributed by atoms with Gasteiger partial charge in [0.05, 0.1) is 0 Å². The molecule has 0 aliphatic carbocycles. The molecule has 0 saturated heterocycles. The monoisotopic (exact) mass is 939 g/mol. The van der Waals surface area contributed by atoms with E-state index in [0.717, 1.165) is 103 Å². The van der Waals surface area contributed by atoms with Crippen molar-refractivity contribution in [3.63, 3.8) is 0 Å². The second-order valence-electron chi connectivity index (χ2n) is 19.6. The van der Waals surface area contributed by atoms with Crippen molar-refractivity contribution in [1.82, 2.24) is 0 Å². The zero-order chi connectivity index (χ0) is 48.6. The summed E-state index contributed by atoms with van der Waals surface area (Å²) < 4.78 is 16.8. The van der Waals surface area contributed by atoms with Crippen LogP contribution in [0.5, 0.6) is 0 Å². The van der Waals surface area contributed by atoms with Gasteiger partial charge in [0.25, 0.3) is 0 Å². The smallest absolute Gasteiger partial charge is 0.306 e. The number of carbonyl (C=O) groups excluding carboxylic acids is 3. The Hall–Kier alpha value is -2.63. The summed E-state index contributed by atoms with van der Waals surface area (Å²) in [6.07, 6.45) is 68.2. The van der Waals surface area contributed by atoms with Gasteiger partial charge in [-0.25, -0.2) is 0 Å². The van der Waals surface area contributed by atoms with Crippen molar-refractivity contribution in [1.29, 1.82) is 0 Å². The molecule has 0 radical (unpaired) electrons. The summed E-state index contributed by atoms with van der Waals surface area (Å²) in [4.78, 5) is 38.1. The Kier molecular flexibility index (Phi) is 53.8. The van der Waals surface area contributed by atoms with E-state index in [1.807, 2.05) is 0 Å². The fourth-order valence-corrected chi connectivity index (χ4v) is 8.36. The van der Waals surface area contributed by atoms with E-state index in [4.69, 9.17) is 14.2 Å². The van der Waals surface area contributed by atoms with Crippen molar-refractivity contribution in [2.24, 2.45) is 0 Å². The average Bonchev–Trinajstić information content (AvgIpc) is 3.33. The lowest BCUT2D eigenvalue weighted by Crippen LogP contribution is -2.30. The highest BCUT2D eigenvalue weighted by atomic mass is 16.6. The van der Waals surface area contributed by atoms with E-state index in [1.54, 1.807) is 0 Å². The molecule has 390 valence electrons. The Balaban J connectivity index is 4.40. The van der Waals surface area contributed by atoms with Gasteiger partial charge >= 0.3 is 17.9 Å². The van der Waals surface area contributed by atoms with Crippen molar-refractivity contribution >= 4 is 17.9 Å². The molecule has 67 heavy (non-hydrogen) atoms. The number of esters is 3. The molecular weight excluding hydrogens is 829 g/mol. The van der Waals surface area contributed by atoms with Gasteiger partial charge in [0.1, 0.15) is 13.2 Å². The number of unbranched alkanes of at least 4 members (excludes halogenated alkanes) is 35. The maximum absolute atomic E-state index is 12.9. The van der Waals surface area contributed by atoms with Crippen LogP contribution >= 0.6 is 0 Å². The van der Waals surface area contributed by atoms with Crippen molar-refractivity contribution < 1.29 is 28.6 Å². The van der Waals surface area contributed by atoms with Crippen molar-refractivity contribution in [2.75, 3.05) is 13.2 Å². The molecule has 0 aromatic carbocycles. The van der Waals surface area contributed by atoms with Crippen molar-refractivity contribution in [3.8, 4) is 0 Å². The van der Waals surface area contributed by atoms with Gasteiger partial charge in [0, 0.05) is 19.3 Å². The zero-order valence-electron chi connectivity index (χ0n) is 44.7. The average molecular weight is 940 g/mol. The first-order valence-electron chi connectivity index (χ1n) is 29.2.